The monoisotopic (exact) mass is 184 g/mol. The Balaban J connectivity index is 3.28. The summed E-state index contributed by atoms with van der Waals surface area (Å²) in [6.07, 6.45) is 11.7. The van der Waals surface area contributed by atoms with E-state index in [1.54, 1.807) is 0 Å². The lowest BCUT2D eigenvalue weighted by Gasteiger charge is -2.06. The largest absolute Gasteiger partial charge is 0.396 e. The second kappa shape index (κ2) is 9.79. The molecular weight excluding hydrogens is 160 g/mol. The van der Waals surface area contributed by atoms with Crippen molar-refractivity contribution in [2.45, 2.75) is 52.4 Å². The Morgan fingerprint density at radius 2 is 1.92 bits per heavy atom. The van der Waals surface area contributed by atoms with Gasteiger partial charge in [-0.05, 0) is 25.2 Å². The molecule has 0 amide bonds. The fraction of sp³-hybridized carbons (Fsp3) is 0.833. The van der Waals surface area contributed by atoms with E-state index in [2.05, 4.69) is 26.0 Å². The molecule has 0 aromatic carbocycles. The van der Waals surface area contributed by atoms with Crippen molar-refractivity contribution in [1.82, 2.24) is 0 Å². The first kappa shape index (κ1) is 12.7. The Hall–Kier alpha value is -0.300. The average Bonchev–Trinajstić information content (AvgIpc) is 2.17. The molecule has 13 heavy (non-hydrogen) atoms. The van der Waals surface area contributed by atoms with Crippen molar-refractivity contribution in [3.63, 3.8) is 0 Å². The molecule has 0 bridgehead atoms. The molecule has 0 spiro atoms. The van der Waals surface area contributed by atoms with Gasteiger partial charge in [0.2, 0.25) is 0 Å². The van der Waals surface area contributed by atoms with E-state index in [-0.39, 0.29) is 0 Å². The lowest BCUT2D eigenvalue weighted by Crippen LogP contribution is -2.02. The number of allylic oxidation sites excluding steroid dienone is 2. The third-order valence-corrected chi connectivity index (χ3v) is 2.45. The Morgan fingerprint density at radius 3 is 2.46 bits per heavy atom. The van der Waals surface area contributed by atoms with Gasteiger partial charge in [-0.2, -0.15) is 0 Å². The molecule has 1 atom stereocenters. The fourth-order valence-corrected chi connectivity index (χ4v) is 1.29. The smallest absolute Gasteiger partial charge is 0.0462 e. The van der Waals surface area contributed by atoms with Crippen LogP contribution in [0.1, 0.15) is 52.4 Å². The van der Waals surface area contributed by atoms with Crippen molar-refractivity contribution in [2.75, 3.05) is 6.61 Å². The Labute approximate surface area is 82.9 Å². The van der Waals surface area contributed by atoms with E-state index in [0.717, 1.165) is 12.8 Å². The van der Waals surface area contributed by atoms with E-state index in [0.29, 0.717) is 12.5 Å². The highest BCUT2D eigenvalue weighted by molar-refractivity contribution is 4.83. The highest BCUT2D eigenvalue weighted by Crippen LogP contribution is 2.08. The van der Waals surface area contributed by atoms with Crippen LogP contribution in [0.15, 0.2) is 12.2 Å². The third kappa shape index (κ3) is 8.04. The summed E-state index contributed by atoms with van der Waals surface area (Å²) in [6, 6.07) is 0. The molecule has 1 N–H and O–H groups in total. The van der Waals surface area contributed by atoms with Crippen LogP contribution in [0, 0.1) is 5.92 Å². The molecule has 0 heterocycles. The second-order valence-electron chi connectivity index (χ2n) is 3.66. The van der Waals surface area contributed by atoms with Crippen LogP contribution >= 0.6 is 0 Å². The molecule has 0 aliphatic heterocycles. The van der Waals surface area contributed by atoms with Gasteiger partial charge in [-0.1, -0.05) is 45.3 Å². The maximum atomic E-state index is 8.93. The second-order valence-corrected chi connectivity index (χ2v) is 3.66. The highest BCUT2D eigenvalue weighted by Gasteiger charge is 1.99. The zero-order chi connectivity index (χ0) is 9.94. The molecule has 0 fully saturated rings. The van der Waals surface area contributed by atoms with E-state index < -0.39 is 0 Å². The van der Waals surface area contributed by atoms with Crippen molar-refractivity contribution in [3.05, 3.63) is 12.2 Å². The number of hydrogen-bond donors (Lipinski definition) is 1. The van der Waals surface area contributed by atoms with Gasteiger partial charge in [0.05, 0.1) is 0 Å². The average molecular weight is 184 g/mol. The van der Waals surface area contributed by atoms with E-state index in [1.807, 2.05) is 0 Å². The van der Waals surface area contributed by atoms with E-state index >= 15 is 0 Å². The summed E-state index contributed by atoms with van der Waals surface area (Å²) in [5.74, 6) is 0.474. The molecule has 0 rings (SSSR count). The van der Waals surface area contributed by atoms with Crippen molar-refractivity contribution in [1.29, 1.82) is 0 Å². The quantitative estimate of drug-likeness (QED) is 0.452. The van der Waals surface area contributed by atoms with Crippen molar-refractivity contribution >= 4 is 0 Å². The minimum absolute atomic E-state index is 0.329. The van der Waals surface area contributed by atoms with Crippen molar-refractivity contribution in [2.24, 2.45) is 5.92 Å². The molecule has 0 saturated carbocycles. The molecule has 0 aliphatic rings. The normalized spacial score (nSPS) is 13.8. The summed E-state index contributed by atoms with van der Waals surface area (Å²) in [5, 5.41) is 8.93. The Morgan fingerprint density at radius 1 is 1.15 bits per heavy atom. The van der Waals surface area contributed by atoms with Crippen LogP contribution < -0.4 is 0 Å². The van der Waals surface area contributed by atoms with E-state index in [4.69, 9.17) is 5.11 Å². The number of unbranched alkanes of at least 4 members (excludes halogenated alkanes) is 3. The molecule has 78 valence electrons. The van der Waals surface area contributed by atoms with Gasteiger partial charge in [0.25, 0.3) is 0 Å². The van der Waals surface area contributed by atoms with Crippen LogP contribution in [-0.2, 0) is 0 Å². The van der Waals surface area contributed by atoms with Crippen LogP contribution in [-0.4, -0.2) is 11.7 Å². The van der Waals surface area contributed by atoms with E-state index in [1.165, 1.54) is 25.7 Å². The summed E-state index contributed by atoms with van der Waals surface area (Å²) in [5.41, 5.74) is 0. The van der Waals surface area contributed by atoms with Gasteiger partial charge in [0, 0.05) is 6.61 Å². The Kier molecular flexibility index (Phi) is 9.56. The predicted molar refractivity (Wildman–Crippen MR) is 58.8 cm³/mol. The zero-order valence-corrected chi connectivity index (χ0v) is 9.13. The number of aliphatic hydroxyl groups excluding tert-OH is 1. The van der Waals surface area contributed by atoms with Gasteiger partial charge in [-0.15, -0.1) is 0 Å². The van der Waals surface area contributed by atoms with Crippen LogP contribution in [0.3, 0.4) is 0 Å². The molecule has 0 aliphatic carbocycles. The molecule has 0 saturated heterocycles. The van der Waals surface area contributed by atoms with Gasteiger partial charge in [0.15, 0.2) is 0 Å². The summed E-state index contributed by atoms with van der Waals surface area (Å²) < 4.78 is 0. The molecule has 0 aromatic heterocycles. The van der Waals surface area contributed by atoms with Gasteiger partial charge in [0.1, 0.15) is 0 Å². The minimum Gasteiger partial charge on any atom is -0.396 e. The van der Waals surface area contributed by atoms with Crippen LogP contribution in [0.4, 0.5) is 0 Å². The number of rotatable bonds is 8. The SMILES string of the molecule is CCCCCC=CCC(CC)CO. The fourth-order valence-electron chi connectivity index (χ4n) is 1.29. The first-order valence-electron chi connectivity index (χ1n) is 5.61. The lowest BCUT2D eigenvalue weighted by molar-refractivity contribution is 0.224. The van der Waals surface area contributed by atoms with Gasteiger partial charge in [-0.25, -0.2) is 0 Å². The maximum Gasteiger partial charge on any atom is 0.0462 e. The Bertz CT molecular complexity index is 114. The molecule has 0 radical (unpaired) electrons. The zero-order valence-electron chi connectivity index (χ0n) is 9.13. The summed E-state index contributed by atoms with van der Waals surface area (Å²) in [6.45, 7) is 4.68. The summed E-state index contributed by atoms with van der Waals surface area (Å²) in [7, 11) is 0. The molecule has 1 heteroatoms. The van der Waals surface area contributed by atoms with Crippen LogP contribution in [0.5, 0.6) is 0 Å². The molecular formula is C12H24O. The summed E-state index contributed by atoms with van der Waals surface area (Å²) >= 11 is 0. The standard InChI is InChI=1S/C12H24O/c1-3-5-6-7-8-9-10-12(4-2)11-13/h8-9,12-13H,3-7,10-11H2,1-2H3. The molecule has 1 unspecified atom stereocenters. The maximum absolute atomic E-state index is 8.93. The number of aliphatic hydroxyl groups is 1. The van der Waals surface area contributed by atoms with Gasteiger partial charge >= 0.3 is 0 Å². The number of hydrogen-bond acceptors (Lipinski definition) is 1. The summed E-state index contributed by atoms with van der Waals surface area (Å²) in [4.78, 5) is 0. The predicted octanol–water partition coefficient (Wildman–Crippen LogP) is 3.53. The highest BCUT2D eigenvalue weighted by atomic mass is 16.3. The minimum atomic E-state index is 0.329. The third-order valence-electron chi connectivity index (χ3n) is 2.45. The molecule has 1 nitrogen and oxygen atoms in total. The van der Waals surface area contributed by atoms with Crippen LogP contribution in [0.25, 0.3) is 0 Å². The first-order valence-corrected chi connectivity index (χ1v) is 5.61. The lowest BCUT2D eigenvalue weighted by atomic mass is 10.0. The first-order chi connectivity index (χ1) is 6.35. The van der Waals surface area contributed by atoms with Crippen LogP contribution in [0.2, 0.25) is 0 Å². The van der Waals surface area contributed by atoms with Crippen molar-refractivity contribution < 1.29 is 5.11 Å². The molecule has 0 aromatic rings. The van der Waals surface area contributed by atoms with Crippen molar-refractivity contribution in [3.8, 4) is 0 Å². The van der Waals surface area contributed by atoms with Gasteiger partial charge < -0.3 is 5.11 Å². The topological polar surface area (TPSA) is 20.2 Å². The van der Waals surface area contributed by atoms with E-state index in [9.17, 15) is 0 Å². The van der Waals surface area contributed by atoms with Gasteiger partial charge in [-0.3, -0.25) is 0 Å².